The molecular formula is C8H15N5. The summed E-state index contributed by atoms with van der Waals surface area (Å²) in [5, 5.41) is 13.8. The Morgan fingerprint density at radius 3 is 2.85 bits per heavy atom. The Morgan fingerprint density at radius 1 is 1.62 bits per heavy atom. The predicted octanol–water partition coefficient (Wildman–Crippen LogP) is 0.564. The molecule has 0 radical (unpaired) electrons. The molecule has 1 aliphatic carbocycles. The fourth-order valence-corrected chi connectivity index (χ4v) is 1.79. The van der Waals surface area contributed by atoms with Crippen molar-refractivity contribution < 1.29 is 0 Å². The molecule has 1 heterocycles. The van der Waals surface area contributed by atoms with Gasteiger partial charge in [-0.1, -0.05) is 24.5 Å². The van der Waals surface area contributed by atoms with E-state index in [1.54, 1.807) is 0 Å². The first-order valence-electron chi connectivity index (χ1n) is 4.71. The van der Waals surface area contributed by atoms with E-state index in [1.165, 1.54) is 19.3 Å². The molecule has 72 valence electrons. The molecule has 0 amide bonds. The zero-order valence-electron chi connectivity index (χ0n) is 7.82. The van der Waals surface area contributed by atoms with Gasteiger partial charge >= 0.3 is 0 Å². The Bertz CT molecular complexity index is 262. The Hall–Kier alpha value is -0.970. The summed E-state index contributed by atoms with van der Waals surface area (Å²) in [6.45, 7) is 1.97. The number of aromatic nitrogens is 4. The monoisotopic (exact) mass is 181 g/mol. The van der Waals surface area contributed by atoms with E-state index in [2.05, 4.69) is 20.6 Å². The smallest absolute Gasteiger partial charge is 0.194 e. The van der Waals surface area contributed by atoms with E-state index in [-0.39, 0.29) is 0 Å². The van der Waals surface area contributed by atoms with Crippen LogP contribution in [0.5, 0.6) is 0 Å². The van der Waals surface area contributed by atoms with Crippen molar-refractivity contribution in [3.8, 4) is 0 Å². The van der Waals surface area contributed by atoms with E-state index in [0.29, 0.717) is 5.82 Å². The van der Waals surface area contributed by atoms with Crippen LogP contribution in [0.25, 0.3) is 0 Å². The van der Waals surface area contributed by atoms with Gasteiger partial charge < -0.3 is 5.73 Å². The van der Waals surface area contributed by atoms with E-state index < -0.39 is 5.54 Å². The third-order valence-electron chi connectivity index (χ3n) is 2.79. The number of nitrogens with one attached hydrogen (secondary N) is 1. The van der Waals surface area contributed by atoms with Crippen LogP contribution in [0, 0.1) is 5.92 Å². The second kappa shape index (κ2) is 3.06. The Balaban J connectivity index is 2.02. The molecule has 1 atom stereocenters. The number of nitrogens with zero attached hydrogens (tertiary/aromatic N) is 3. The van der Waals surface area contributed by atoms with E-state index in [9.17, 15) is 0 Å². The molecular weight excluding hydrogens is 166 g/mol. The summed E-state index contributed by atoms with van der Waals surface area (Å²) in [6, 6.07) is 0. The average molecular weight is 181 g/mol. The van der Waals surface area contributed by atoms with E-state index in [4.69, 9.17) is 5.73 Å². The Labute approximate surface area is 77.1 Å². The molecule has 5 heteroatoms. The lowest BCUT2D eigenvalue weighted by Gasteiger charge is -2.32. The van der Waals surface area contributed by atoms with Crippen molar-refractivity contribution >= 4 is 0 Å². The van der Waals surface area contributed by atoms with Crippen molar-refractivity contribution in [2.75, 3.05) is 0 Å². The van der Waals surface area contributed by atoms with Gasteiger partial charge in [-0.05, 0) is 19.3 Å². The van der Waals surface area contributed by atoms with Crippen molar-refractivity contribution in [2.45, 2.75) is 38.1 Å². The molecule has 0 spiro atoms. The van der Waals surface area contributed by atoms with Crippen LogP contribution in [-0.2, 0) is 5.54 Å². The van der Waals surface area contributed by atoms with Crippen LogP contribution in [-0.4, -0.2) is 20.6 Å². The number of tetrazole rings is 1. The topological polar surface area (TPSA) is 80.5 Å². The lowest BCUT2D eigenvalue weighted by Crippen LogP contribution is -2.38. The Morgan fingerprint density at radius 2 is 2.38 bits per heavy atom. The van der Waals surface area contributed by atoms with Gasteiger partial charge in [-0.15, -0.1) is 10.2 Å². The van der Waals surface area contributed by atoms with Gasteiger partial charge in [0.15, 0.2) is 5.82 Å². The second-order valence-electron chi connectivity index (χ2n) is 4.15. The first-order valence-corrected chi connectivity index (χ1v) is 4.71. The molecule has 0 aromatic carbocycles. The molecule has 0 aliphatic heterocycles. The largest absolute Gasteiger partial charge is 0.319 e. The number of H-pyrrole nitrogens is 1. The molecule has 1 aromatic heterocycles. The van der Waals surface area contributed by atoms with Gasteiger partial charge in [0.25, 0.3) is 0 Å². The average Bonchev–Trinajstić information content (AvgIpc) is 2.49. The number of nitrogens with two attached hydrogens (primary N) is 1. The molecule has 0 bridgehead atoms. The number of hydrogen-bond acceptors (Lipinski definition) is 4. The number of aromatic amines is 1. The molecule has 1 fully saturated rings. The van der Waals surface area contributed by atoms with Crippen LogP contribution in [0.2, 0.25) is 0 Å². The van der Waals surface area contributed by atoms with Crippen LogP contribution >= 0.6 is 0 Å². The summed E-state index contributed by atoms with van der Waals surface area (Å²) in [7, 11) is 0. The van der Waals surface area contributed by atoms with E-state index in [1.807, 2.05) is 6.92 Å². The minimum Gasteiger partial charge on any atom is -0.319 e. The van der Waals surface area contributed by atoms with Crippen LogP contribution in [0.3, 0.4) is 0 Å². The highest BCUT2D eigenvalue weighted by molar-refractivity contribution is 4.99. The molecule has 5 nitrogen and oxygen atoms in total. The fraction of sp³-hybridized carbons (Fsp3) is 0.875. The lowest BCUT2D eigenvalue weighted by molar-refractivity contribution is 0.229. The summed E-state index contributed by atoms with van der Waals surface area (Å²) in [5.74, 6) is 1.38. The summed E-state index contributed by atoms with van der Waals surface area (Å²) < 4.78 is 0. The van der Waals surface area contributed by atoms with Crippen LogP contribution in [0.15, 0.2) is 0 Å². The SMILES string of the molecule is CC(N)(CC1CCC1)c1nn[nH]n1. The van der Waals surface area contributed by atoms with Crippen LogP contribution in [0.4, 0.5) is 0 Å². The van der Waals surface area contributed by atoms with Crippen molar-refractivity contribution in [3.63, 3.8) is 0 Å². The first-order chi connectivity index (χ1) is 6.18. The molecule has 0 saturated heterocycles. The van der Waals surface area contributed by atoms with Crippen molar-refractivity contribution in [1.29, 1.82) is 0 Å². The molecule has 3 N–H and O–H groups in total. The van der Waals surface area contributed by atoms with E-state index in [0.717, 1.165) is 12.3 Å². The summed E-state index contributed by atoms with van der Waals surface area (Å²) >= 11 is 0. The van der Waals surface area contributed by atoms with Crippen LogP contribution < -0.4 is 5.73 Å². The van der Waals surface area contributed by atoms with E-state index >= 15 is 0 Å². The summed E-state index contributed by atoms with van der Waals surface area (Å²) in [4.78, 5) is 0. The molecule has 1 unspecified atom stereocenters. The number of rotatable bonds is 3. The maximum Gasteiger partial charge on any atom is 0.194 e. The normalized spacial score (nSPS) is 22.3. The second-order valence-corrected chi connectivity index (χ2v) is 4.15. The predicted molar refractivity (Wildman–Crippen MR) is 47.7 cm³/mol. The lowest BCUT2D eigenvalue weighted by atomic mass is 9.77. The van der Waals surface area contributed by atoms with Crippen molar-refractivity contribution in [2.24, 2.45) is 11.7 Å². The van der Waals surface area contributed by atoms with Gasteiger partial charge in [-0.2, -0.15) is 5.21 Å². The Kier molecular flexibility index (Phi) is 2.03. The van der Waals surface area contributed by atoms with Gasteiger partial charge in [0.2, 0.25) is 0 Å². The molecule has 2 rings (SSSR count). The highest BCUT2D eigenvalue weighted by Gasteiger charge is 2.32. The summed E-state index contributed by atoms with van der Waals surface area (Å²) in [6.07, 6.45) is 4.90. The number of hydrogen-bond donors (Lipinski definition) is 2. The zero-order chi connectivity index (χ0) is 9.31. The van der Waals surface area contributed by atoms with Crippen molar-refractivity contribution in [1.82, 2.24) is 20.6 Å². The maximum atomic E-state index is 6.11. The zero-order valence-corrected chi connectivity index (χ0v) is 7.82. The molecule has 1 saturated carbocycles. The standard InChI is InChI=1S/C8H15N5/c1-8(9,5-6-3-2-4-6)7-10-12-13-11-7/h6H,2-5,9H2,1H3,(H,10,11,12,13). The minimum absolute atomic E-state index is 0.419. The first kappa shape index (κ1) is 8.62. The third-order valence-corrected chi connectivity index (χ3v) is 2.79. The minimum atomic E-state index is -0.419. The summed E-state index contributed by atoms with van der Waals surface area (Å²) in [5.41, 5.74) is 5.69. The van der Waals surface area contributed by atoms with Gasteiger partial charge in [-0.3, -0.25) is 0 Å². The highest BCUT2D eigenvalue weighted by atomic mass is 15.5. The molecule has 13 heavy (non-hydrogen) atoms. The molecule has 1 aliphatic rings. The van der Waals surface area contributed by atoms with Crippen molar-refractivity contribution in [3.05, 3.63) is 5.82 Å². The fourth-order valence-electron chi connectivity index (χ4n) is 1.79. The molecule has 1 aromatic rings. The van der Waals surface area contributed by atoms with Crippen LogP contribution in [0.1, 0.15) is 38.4 Å². The third kappa shape index (κ3) is 1.70. The highest BCUT2D eigenvalue weighted by Crippen LogP contribution is 2.35. The van der Waals surface area contributed by atoms with Gasteiger partial charge in [-0.25, -0.2) is 0 Å². The van der Waals surface area contributed by atoms with Gasteiger partial charge in [0.1, 0.15) is 0 Å². The van der Waals surface area contributed by atoms with Gasteiger partial charge in [0, 0.05) is 0 Å². The maximum absolute atomic E-state index is 6.11. The van der Waals surface area contributed by atoms with Gasteiger partial charge in [0.05, 0.1) is 5.54 Å². The quantitative estimate of drug-likeness (QED) is 0.714.